The van der Waals surface area contributed by atoms with Gasteiger partial charge >= 0.3 is 0 Å². The van der Waals surface area contributed by atoms with Gasteiger partial charge in [0.25, 0.3) is 0 Å². The number of carbonyl (C=O) groups excluding carboxylic acids is 1. The van der Waals surface area contributed by atoms with Gasteiger partial charge in [0.05, 0.1) is 12.5 Å². The zero-order chi connectivity index (χ0) is 16.4. The molecule has 24 heavy (non-hydrogen) atoms. The van der Waals surface area contributed by atoms with Gasteiger partial charge in [-0.15, -0.1) is 11.3 Å². The van der Waals surface area contributed by atoms with Crippen molar-refractivity contribution in [3.63, 3.8) is 0 Å². The van der Waals surface area contributed by atoms with E-state index in [1.807, 2.05) is 0 Å². The lowest BCUT2D eigenvalue weighted by Gasteiger charge is -2.31. The number of ether oxygens (including phenoxy) is 1. The Morgan fingerprint density at radius 1 is 1.29 bits per heavy atom. The summed E-state index contributed by atoms with van der Waals surface area (Å²) in [7, 11) is 0. The summed E-state index contributed by atoms with van der Waals surface area (Å²) in [6.45, 7) is 3.43. The van der Waals surface area contributed by atoms with Crippen LogP contribution in [0.3, 0.4) is 0 Å². The molecule has 0 aromatic carbocycles. The maximum atomic E-state index is 12.6. The predicted molar refractivity (Wildman–Crippen MR) is 96.3 cm³/mol. The number of likely N-dealkylation sites (tertiary alicyclic amines) is 1. The smallest absolute Gasteiger partial charge is 0.224 e. The maximum Gasteiger partial charge on any atom is 0.224 e. The Morgan fingerprint density at radius 3 is 3.04 bits per heavy atom. The molecule has 1 amide bonds. The highest BCUT2D eigenvalue weighted by Crippen LogP contribution is 2.31. The number of hydrogen-bond donors (Lipinski definition) is 1. The Kier molecular flexibility index (Phi) is 5.20. The molecule has 3 heterocycles. The van der Waals surface area contributed by atoms with Crippen molar-refractivity contribution >= 4 is 17.2 Å². The van der Waals surface area contributed by atoms with Crippen molar-refractivity contribution in [1.29, 1.82) is 0 Å². The Labute approximate surface area is 148 Å². The van der Waals surface area contributed by atoms with Crippen LogP contribution in [0.2, 0.25) is 0 Å². The molecule has 3 aliphatic rings. The molecule has 2 fully saturated rings. The fourth-order valence-corrected chi connectivity index (χ4v) is 5.43. The maximum absolute atomic E-state index is 12.6. The average molecular weight is 349 g/mol. The average Bonchev–Trinajstić information content (AvgIpc) is 3.30. The number of thiophene rings is 1. The number of amides is 1. The van der Waals surface area contributed by atoms with Crippen LogP contribution in [0.1, 0.15) is 55.1 Å². The van der Waals surface area contributed by atoms with Crippen LogP contribution in [0.5, 0.6) is 0 Å². The second kappa shape index (κ2) is 7.54. The van der Waals surface area contributed by atoms with E-state index in [0.29, 0.717) is 6.54 Å². The van der Waals surface area contributed by atoms with Crippen molar-refractivity contribution in [3.05, 3.63) is 21.9 Å². The minimum Gasteiger partial charge on any atom is -0.371 e. The highest BCUT2D eigenvalue weighted by atomic mass is 32.1. The molecule has 1 aliphatic carbocycles. The van der Waals surface area contributed by atoms with Gasteiger partial charge in [0.15, 0.2) is 0 Å². The summed E-state index contributed by atoms with van der Waals surface area (Å²) in [5.41, 5.74) is 1.28. The Morgan fingerprint density at radius 2 is 2.17 bits per heavy atom. The molecular weight excluding hydrogens is 320 g/mol. The van der Waals surface area contributed by atoms with E-state index in [2.05, 4.69) is 21.7 Å². The third-order valence-corrected chi connectivity index (χ3v) is 6.91. The second-order valence-electron chi connectivity index (χ2n) is 7.43. The van der Waals surface area contributed by atoms with E-state index in [0.717, 1.165) is 38.6 Å². The van der Waals surface area contributed by atoms with Crippen molar-refractivity contribution in [2.24, 2.45) is 5.92 Å². The largest absolute Gasteiger partial charge is 0.371 e. The molecule has 4 rings (SSSR count). The van der Waals surface area contributed by atoms with E-state index in [9.17, 15) is 4.79 Å². The van der Waals surface area contributed by atoms with E-state index in [-0.39, 0.29) is 17.9 Å². The number of nitrogens with one attached hydrogen (secondary N) is 1. The molecule has 2 aliphatic heterocycles. The van der Waals surface area contributed by atoms with Crippen LogP contribution in [0.4, 0.5) is 0 Å². The van der Waals surface area contributed by atoms with Crippen LogP contribution >= 0.6 is 11.3 Å². The van der Waals surface area contributed by atoms with E-state index in [1.165, 1.54) is 42.5 Å². The fraction of sp³-hybridized carbons (Fsp3) is 0.737. The SMILES string of the molecule is O=C(NC[C@H]1OCCc2sccc21)[C@H]1CCN(C2CCCCC2)C1. The van der Waals surface area contributed by atoms with Gasteiger partial charge < -0.3 is 10.1 Å². The first-order chi connectivity index (χ1) is 11.8. The third kappa shape index (κ3) is 3.53. The summed E-state index contributed by atoms with van der Waals surface area (Å²) >= 11 is 1.81. The lowest BCUT2D eigenvalue weighted by molar-refractivity contribution is -0.125. The van der Waals surface area contributed by atoms with Gasteiger partial charge in [-0.05, 0) is 42.8 Å². The monoisotopic (exact) mass is 348 g/mol. The van der Waals surface area contributed by atoms with E-state index in [1.54, 1.807) is 11.3 Å². The van der Waals surface area contributed by atoms with Crippen molar-refractivity contribution in [3.8, 4) is 0 Å². The molecule has 1 N–H and O–H groups in total. The summed E-state index contributed by atoms with van der Waals surface area (Å²) in [5.74, 6) is 0.386. The molecule has 1 aromatic heterocycles. The standard InChI is InChI=1S/C19H28N2O2S/c22-19(14-6-9-21(13-14)15-4-2-1-3-5-15)20-12-17-16-8-11-24-18(16)7-10-23-17/h8,11,14-15,17H,1-7,9-10,12-13H2,(H,20,22)/t14-,17+/m0/s1. The first-order valence-corrected chi connectivity index (χ1v) is 10.4. The Hall–Kier alpha value is -0.910. The van der Waals surface area contributed by atoms with Crippen LogP contribution in [0.25, 0.3) is 0 Å². The van der Waals surface area contributed by atoms with Crippen LogP contribution in [0.15, 0.2) is 11.4 Å². The first kappa shape index (κ1) is 16.6. The van der Waals surface area contributed by atoms with Gasteiger partial charge in [-0.3, -0.25) is 9.69 Å². The summed E-state index contributed by atoms with van der Waals surface area (Å²) in [6.07, 6.45) is 8.82. The molecule has 132 valence electrons. The minimum atomic E-state index is 0.0415. The van der Waals surface area contributed by atoms with Crippen LogP contribution in [0, 0.1) is 5.92 Å². The molecule has 0 radical (unpaired) electrons. The van der Waals surface area contributed by atoms with Crippen molar-refractivity contribution in [2.45, 2.75) is 57.1 Å². The van der Waals surface area contributed by atoms with Crippen molar-refractivity contribution in [1.82, 2.24) is 10.2 Å². The lowest BCUT2D eigenvalue weighted by atomic mass is 9.94. The molecule has 1 saturated heterocycles. The zero-order valence-electron chi connectivity index (χ0n) is 14.3. The Bertz CT molecular complexity index is 567. The molecule has 0 spiro atoms. The van der Waals surface area contributed by atoms with Gasteiger partial charge in [-0.2, -0.15) is 0 Å². The van der Waals surface area contributed by atoms with Gasteiger partial charge in [0.1, 0.15) is 6.10 Å². The van der Waals surface area contributed by atoms with E-state index < -0.39 is 0 Å². The molecule has 5 heteroatoms. The van der Waals surface area contributed by atoms with Gasteiger partial charge in [-0.1, -0.05) is 19.3 Å². The topological polar surface area (TPSA) is 41.6 Å². The van der Waals surface area contributed by atoms with Crippen LogP contribution in [-0.4, -0.2) is 43.1 Å². The van der Waals surface area contributed by atoms with Crippen molar-refractivity contribution < 1.29 is 9.53 Å². The van der Waals surface area contributed by atoms with E-state index in [4.69, 9.17) is 4.74 Å². The molecule has 1 aromatic rings. The zero-order valence-corrected chi connectivity index (χ0v) is 15.2. The fourth-order valence-electron chi connectivity index (χ4n) is 4.51. The lowest BCUT2D eigenvalue weighted by Crippen LogP contribution is -2.39. The quantitative estimate of drug-likeness (QED) is 0.909. The van der Waals surface area contributed by atoms with Gasteiger partial charge in [0, 0.05) is 30.4 Å². The summed E-state index contributed by atoms with van der Waals surface area (Å²) in [4.78, 5) is 16.6. The number of nitrogens with zero attached hydrogens (tertiary/aromatic N) is 1. The number of fused-ring (bicyclic) bond motifs is 1. The number of hydrogen-bond acceptors (Lipinski definition) is 4. The summed E-state index contributed by atoms with van der Waals surface area (Å²) in [6, 6.07) is 2.88. The highest BCUT2D eigenvalue weighted by Gasteiger charge is 2.33. The Balaban J connectivity index is 1.27. The predicted octanol–water partition coefficient (Wildman–Crippen LogP) is 3.13. The molecular formula is C19H28N2O2S. The summed E-state index contributed by atoms with van der Waals surface area (Å²) in [5, 5.41) is 5.29. The molecule has 1 saturated carbocycles. The number of carbonyl (C=O) groups is 1. The third-order valence-electron chi connectivity index (χ3n) is 5.92. The molecule has 2 atom stereocenters. The summed E-state index contributed by atoms with van der Waals surface area (Å²) < 4.78 is 5.87. The van der Waals surface area contributed by atoms with E-state index >= 15 is 0 Å². The first-order valence-electron chi connectivity index (χ1n) is 9.51. The van der Waals surface area contributed by atoms with Crippen LogP contribution < -0.4 is 5.32 Å². The molecule has 0 bridgehead atoms. The molecule has 4 nitrogen and oxygen atoms in total. The minimum absolute atomic E-state index is 0.0415. The van der Waals surface area contributed by atoms with Crippen molar-refractivity contribution in [2.75, 3.05) is 26.2 Å². The number of rotatable bonds is 4. The second-order valence-corrected chi connectivity index (χ2v) is 8.43. The van der Waals surface area contributed by atoms with Gasteiger partial charge in [-0.25, -0.2) is 0 Å². The van der Waals surface area contributed by atoms with Gasteiger partial charge in [0.2, 0.25) is 5.91 Å². The normalized spacial score (nSPS) is 28.7. The molecule has 0 unspecified atom stereocenters. The van der Waals surface area contributed by atoms with Crippen LogP contribution in [-0.2, 0) is 16.0 Å². The highest BCUT2D eigenvalue weighted by molar-refractivity contribution is 7.10.